The van der Waals surface area contributed by atoms with Crippen LogP contribution in [0.1, 0.15) is 28.0 Å². The summed E-state index contributed by atoms with van der Waals surface area (Å²) in [6.45, 7) is 0.949. The van der Waals surface area contributed by atoms with Crippen molar-refractivity contribution in [3.8, 4) is 6.07 Å². The number of thiophene rings is 1. The Bertz CT molecular complexity index is 1040. The molecule has 2 N–H and O–H groups in total. The fourth-order valence-corrected chi connectivity index (χ4v) is 5.00. The number of ether oxygens (including phenoxy) is 1. The number of nitrogens with zero attached hydrogens (tertiary/aromatic N) is 3. The third-order valence-electron chi connectivity index (χ3n) is 5.39. The number of aromatic nitrogens is 1. The van der Waals surface area contributed by atoms with Gasteiger partial charge < -0.3 is 20.1 Å². The second-order valence-electron chi connectivity index (χ2n) is 7.67. The van der Waals surface area contributed by atoms with E-state index in [1.165, 1.54) is 22.3 Å². The predicted molar refractivity (Wildman–Crippen MR) is 115 cm³/mol. The van der Waals surface area contributed by atoms with E-state index in [2.05, 4.69) is 16.4 Å². The van der Waals surface area contributed by atoms with Crippen molar-refractivity contribution in [2.45, 2.75) is 25.4 Å². The minimum atomic E-state index is -0.451. The SMILES string of the molecule is N#Cc1c(NC(=O)C=Cc2cccnc2)sc2c1CC[C@@H](COC(=O)N1CC(O)C1)C2. The number of pyridine rings is 1. The molecule has 0 radical (unpaired) electrons. The zero-order valence-electron chi connectivity index (χ0n) is 16.8. The second-order valence-corrected chi connectivity index (χ2v) is 8.78. The fourth-order valence-electron chi connectivity index (χ4n) is 3.69. The molecular formula is C22H22N4O4S. The second kappa shape index (κ2) is 9.29. The molecule has 4 rings (SSSR count). The summed E-state index contributed by atoms with van der Waals surface area (Å²) in [6.07, 6.45) is 7.79. The lowest BCUT2D eigenvalue weighted by molar-refractivity contribution is -0.111. The van der Waals surface area contributed by atoms with Crippen LogP contribution in [0.3, 0.4) is 0 Å². The highest BCUT2D eigenvalue weighted by Crippen LogP contribution is 2.39. The number of amides is 2. The van der Waals surface area contributed by atoms with Crippen molar-refractivity contribution in [3.05, 3.63) is 52.2 Å². The van der Waals surface area contributed by atoms with E-state index in [-0.39, 0.29) is 11.8 Å². The first kappa shape index (κ1) is 21.0. The van der Waals surface area contributed by atoms with Gasteiger partial charge in [-0.05, 0) is 48.4 Å². The quantitative estimate of drug-likeness (QED) is 0.694. The summed E-state index contributed by atoms with van der Waals surface area (Å²) in [5.74, 6) is -0.136. The van der Waals surface area contributed by atoms with Gasteiger partial charge in [0.2, 0.25) is 5.91 Å². The number of likely N-dealkylation sites (tertiary alicyclic amines) is 1. The number of hydrogen-bond donors (Lipinski definition) is 2. The van der Waals surface area contributed by atoms with E-state index in [0.29, 0.717) is 43.1 Å². The number of hydrogen-bond acceptors (Lipinski definition) is 7. The van der Waals surface area contributed by atoms with Crippen molar-refractivity contribution >= 4 is 34.4 Å². The van der Waals surface area contributed by atoms with Gasteiger partial charge in [0.1, 0.15) is 11.1 Å². The largest absolute Gasteiger partial charge is 0.449 e. The molecule has 0 spiro atoms. The lowest BCUT2D eigenvalue weighted by Crippen LogP contribution is -2.53. The van der Waals surface area contributed by atoms with Crippen LogP contribution in [-0.2, 0) is 22.4 Å². The molecule has 3 heterocycles. The summed E-state index contributed by atoms with van der Waals surface area (Å²) in [6, 6.07) is 5.86. The first-order valence-corrected chi connectivity index (χ1v) is 10.9. The topological polar surface area (TPSA) is 116 Å². The molecule has 1 fully saturated rings. The lowest BCUT2D eigenvalue weighted by atomic mass is 9.88. The Morgan fingerprint density at radius 2 is 2.29 bits per heavy atom. The van der Waals surface area contributed by atoms with Crippen molar-refractivity contribution < 1.29 is 19.4 Å². The van der Waals surface area contributed by atoms with Crippen LogP contribution < -0.4 is 5.32 Å². The maximum Gasteiger partial charge on any atom is 0.409 e. The highest BCUT2D eigenvalue weighted by molar-refractivity contribution is 7.16. The Morgan fingerprint density at radius 1 is 1.45 bits per heavy atom. The molecular weight excluding hydrogens is 416 g/mol. The predicted octanol–water partition coefficient (Wildman–Crippen LogP) is 2.58. The maximum absolute atomic E-state index is 12.3. The number of aliphatic hydroxyl groups is 1. The number of β-amino-alcohol motifs (C(OH)–C–C–N with tert-alkyl or cyclic N) is 1. The molecule has 9 heteroatoms. The van der Waals surface area contributed by atoms with E-state index >= 15 is 0 Å². The van der Waals surface area contributed by atoms with Gasteiger partial charge in [0.15, 0.2) is 0 Å². The van der Waals surface area contributed by atoms with Crippen LogP contribution in [0, 0.1) is 17.2 Å². The minimum Gasteiger partial charge on any atom is -0.449 e. The standard InChI is InChI=1S/C22H22N4O4S/c23-9-18-17-5-3-15(13-30-22(29)26-11-16(27)12-26)8-19(17)31-21(18)25-20(28)6-4-14-2-1-7-24-10-14/h1-2,4,6-7,10,15-16,27H,3,5,8,11-13H2,(H,25,28)/t15-/m1/s1. The van der Waals surface area contributed by atoms with Gasteiger partial charge in [0.05, 0.1) is 31.4 Å². The molecule has 0 saturated carbocycles. The first-order valence-electron chi connectivity index (χ1n) is 10.1. The molecule has 2 aromatic heterocycles. The summed E-state index contributed by atoms with van der Waals surface area (Å²) in [7, 11) is 0. The Morgan fingerprint density at radius 3 is 3.00 bits per heavy atom. The molecule has 1 atom stereocenters. The van der Waals surface area contributed by atoms with Crippen molar-refractivity contribution in [3.63, 3.8) is 0 Å². The average Bonchev–Trinajstić information content (AvgIpc) is 3.10. The molecule has 160 valence electrons. The van der Waals surface area contributed by atoms with Gasteiger partial charge >= 0.3 is 6.09 Å². The maximum atomic E-state index is 12.3. The summed E-state index contributed by atoms with van der Waals surface area (Å²) in [5.41, 5.74) is 2.31. The number of nitriles is 1. The molecule has 8 nitrogen and oxygen atoms in total. The van der Waals surface area contributed by atoms with Gasteiger partial charge in [-0.2, -0.15) is 5.26 Å². The van der Waals surface area contributed by atoms with Crippen LogP contribution in [0.25, 0.3) is 6.08 Å². The van der Waals surface area contributed by atoms with E-state index in [0.717, 1.165) is 22.4 Å². The van der Waals surface area contributed by atoms with E-state index < -0.39 is 12.2 Å². The van der Waals surface area contributed by atoms with Gasteiger partial charge in [-0.25, -0.2) is 4.79 Å². The highest BCUT2D eigenvalue weighted by Gasteiger charge is 2.31. The van der Waals surface area contributed by atoms with Gasteiger partial charge in [0, 0.05) is 23.3 Å². The molecule has 1 aliphatic carbocycles. The fraction of sp³-hybridized carbons (Fsp3) is 0.364. The number of aliphatic hydroxyl groups excluding tert-OH is 1. The smallest absolute Gasteiger partial charge is 0.409 e. The van der Waals surface area contributed by atoms with Gasteiger partial charge in [-0.15, -0.1) is 11.3 Å². The van der Waals surface area contributed by atoms with Crippen molar-refractivity contribution in [1.82, 2.24) is 9.88 Å². The van der Waals surface area contributed by atoms with E-state index in [1.807, 2.05) is 6.07 Å². The zero-order valence-corrected chi connectivity index (χ0v) is 17.6. The minimum absolute atomic E-state index is 0.168. The molecule has 0 aromatic carbocycles. The van der Waals surface area contributed by atoms with Crippen LogP contribution in [-0.4, -0.2) is 52.8 Å². The van der Waals surface area contributed by atoms with Crippen LogP contribution in [0.4, 0.5) is 9.80 Å². The monoisotopic (exact) mass is 438 g/mol. The molecule has 0 bridgehead atoms. The molecule has 1 aliphatic heterocycles. The number of nitrogens with one attached hydrogen (secondary N) is 1. The Labute approximate surface area is 183 Å². The van der Waals surface area contributed by atoms with Crippen LogP contribution in [0.15, 0.2) is 30.6 Å². The number of carbonyl (C=O) groups excluding carboxylic acids is 2. The normalized spacial score (nSPS) is 18.2. The number of anilines is 1. The van der Waals surface area contributed by atoms with E-state index in [1.54, 1.807) is 24.5 Å². The highest BCUT2D eigenvalue weighted by atomic mass is 32.1. The summed E-state index contributed by atoms with van der Waals surface area (Å²) in [4.78, 5) is 30.8. The van der Waals surface area contributed by atoms with E-state index in [4.69, 9.17) is 4.74 Å². The molecule has 2 aliphatic rings. The van der Waals surface area contributed by atoms with Crippen molar-refractivity contribution in [1.29, 1.82) is 5.26 Å². The lowest BCUT2D eigenvalue weighted by Gasteiger charge is -2.35. The Hall–Kier alpha value is -3.22. The van der Waals surface area contributed by atoms with Gasteiger partial charge in [-0.3, -0.25) is 9.78 Å². The molecule has 0 unspecified atom stereocenters. The van der Waals surface area contributed by atoms with Crippen LogP contribution in [0.5, 0.6) is 0 Å². The van der Waals surface area contributed by atoms with E-state index in [9.17, 15) is 20.0 Å². The van der Waals surface area contributed by atoms with Gasteiger partial charge in [-0.1, -0.05) is 6.07 Å². The van der Waals surface area contributed by atoms with Crippen LogP contribution >= 0.6 is 11.3 Å². The third-order valence-corrected chi connectivity index (χ3v) is 6.56. The zero-order chi connectivity index (χ0) is 21.8. The molecule has 2 aromatic rings. The number of fused-ring (bicyclic) bond motifs is 1. The summed E-state index contributed by atoms with van der Waals surface area (Å²) < 4.78 is 5.38. The van der Waals surface area contributed by atoms with Crippen molar-refractivity contribution in [2.24, 2.45) is 5.92 Å². The molecule has 1 saturated heterocycles. The Balaban J connectivity index is 1.36. The third kappa shape index (κ3) is 4.93. The number of carbonyl (C=O) groups is 2. The molecule has 31 heavy (non-hydrogen) atoms. The number of rotatable bonds is 5. The van der Waals surface area contributed by atoms with Crippen LogP contribution in [0.2, 0.25) is 0 Å². The summed E-state index contributed by atoms with van der Waals surface area (Å²) in [5, 5.41) is 22.3. The van der Waals surface area contributed by atoms with Crippen molar-refractivity contribution in [2.75, 3.05) is 25.0 Å². The summed E-state index contributed by atoms with van der Waals surface area (Å²) >= 11 is 1.41. The molecule has 2 amide bonds. The average molecular weight is 439 g/mol. The first-order chi connectivity index (χ1) is 15.0. The Kier molecular flexibility index (Phi) is 6.30. The van der Waals surface area contributed by atoms with Gasteiger partial charge in [0.25, 0.3) is 0 Å².